The molecule has 0 aromatic heterocycles. The summed E-state index contributed by atoms with van der Waals surface area (Å²) in [5, 5.41) is 10.8. The first-order chi connectivity index (χ1) is 9.25. The van der Waals surface area contributed by atoms with Crippen LogP contribution in [0.15, 0.2) is 35.2 Å². The largest absolute Gasteiger partial charge is 0.480 e. The second-order valence-electron chi connectivity index (χ2n) is 4.20. The van der Waals surface area contributed by atoms with Crippen LogP contribution in [0.3, 0.4) is 0 Å². The van der Waals surface area contributed by atoms with Crippen molar-refractivity contribution in [3.63, 3.8) is 0 Å². The number of rotatable bonds is 6. The van der Waals surface area contributed by atoms with Crippen molar-refractivity contribution in [2.45, 2.75) is 17.9 Å². The summed E-state index contributed by atoms with van der Waals surface area (Å²) in [5.74, 6) is -1.87. The summed E-state index contributed by atoms with van der Waals surface area (Å²) in [6.07, 6.45) is 0. The quantitative estimate of drug-likeness (QED) is 0.763. The van der Waals surface area contributed by atoms with Gasteiger partial charge in [0.25, 0.3) is 0 Å². The zero-order valence-corrected chi connectivity index (χ0v) is 11.9. The first-order valence-electron chi connectivity index (χ1n) is 5.78. The van der Waals surface area contributed by atoms with E-state index in [1.807, 2.05) is 0 Å². The van der Waals surface area contributed by atoms with Gasteiger partial charge in [-0.15, -0.1) is 0 Å². The van der Waals surface area contributed by atoms with Crippen LogP contribution >= 0.6 is 0 Å². The van der Waals surface area contributed by atoms with Crippen LogP contribution in [0, 0.1) is 0 Å². The summed E-state index contributed by atoms with van der Waals surface area (Å²) < 4.78 is 25.1. The number of hydrogen-bond acceptors (Lipinski definition) is 4. The number of likely N-dealkylation sites (N-methyl/N-ethyl adjacent to an activating group) is 1. The fourth-order valence-electron chi connectivity index (χ4n) is 1.41. The first kappa shape index (κ1) is 16.1. The predicted molar refractivity (Wildman–Crippen MR) is 71.5 cm³/mol. The Morgan fingerprint density at radius 1 is 1.30 bits per heavy atom. The average Bonchev–Trinajstić information content (AvgIpc) is 2.39. The third-order valence-electron chi connectivity index (χ3n) is 2.57. The molecular formula is C12H16N2O5S. The van der Waals surface area contributed by atoms with Crippen molar-refractivity contribution in [1.29, 1.82) is 0 Å². The number of carboxylic acid groups (broad SMARTS) is 1. The van der Waals surface area contributed by atoms with Gasteiger partial charge in [-0.2, -0.15) is 4.31 Å². The fourth-order valence-corrected chi connectivity index (χ4v) is 2.56. The molecule has 1 unspecified atom stereocenters. The maximum absolute atomic E-state index is 12.1. The lowest BCUT2D eigenvalue weighted by Crippen LogP contribution is -2.44. The van der Waals surface area contributed by atoms with Gasteiger partial charge in [0.1, 0.15) is 6.04 Å². The number of nitrogens with zero attached hydrogens (tertiary/aromatic N) is 1. The van der Waals surface area contributed by atoms with E-state index < -0.39 is 34.5 Å². The lowest BCUT2D eigenvalue weighted by molar-refractivity contribution is -0.141. The monoisotopic (exact) mass is 300 g/mol. The molecule has 1 amide bonds. The van der Waals surface area contributed by atoms with Gasteiger partial charge in [0, 0.05) is 7.05 Å². The van der Waals surface area contributed by atoms with Crippen LogP contribution in [0.5, 0.6) is 0 Å². The Bertz CT molecular complexity index is 585. The van der Waals surface area contributed by atoms with E-state index in [9.17, 15) is 18.0 Å². The van der Waals surface area contributed by atoms with Crippen LogP contribution in [0.4, 0.5) is 0 Å². The van der Waals surface area contributed by atoms with Gasteiger partial charge in [0.2, 0.25) is 15.9 Å². The molecule has 1 atom stereocenters. The zero-order valence-electron chi connectivity index (χ0n) is 11.1. The Kier molecular flexibility index (Phi) is 5.23. The van der Waals surface area contributed by atoms with E-state index in [2.05, 4.69) is 5.32 Å². The normalized spacial score (nSPS) is 12.9. The second-order valence-corrected chi connectivity index (χ2v) is 6.25. The van der Waals surface area contributed by atoms with Gasteiger partial charge in [-0.3, -0.25) is 9.59 Å². The molecule has 110 valence electrons. The minimum Gasteiger partial charge on any atom is -0.480 e. The molecule has 0 aliphatic rings. The highest BCUT2D eigenvalue weighted by molar-refractivity contribution is 7.89. The lowest BCUT2D eigenvalue weighted by atomic mass is 10.3. The zero-order chi connectivity index (χ0) is 15.3. The Morgan fingerprint density at radius 2 is 1.85 bits per heavy atom. The van der Waals surface area contributed by atoms with Gasteiger partial charge in [-0.25, -0.2) is 8.42 Å². The molecule has 8 heteroatoms. The molecule has 0 saturated carbocycles. The molecule has 0 radical (unpaired) electrons. The van der Waals surface area contributed by atoms with Crippen molar-refractivity contribution >= 4 is 21.9 Å². The Balaban J connectivity index is 2.74. The molecule has 0 aliphatic carbocycles. The van der Waals surface area contributed by atoms with Crippen molar-refractivity contribution in [1.82, 2.24) is 9.62 Å². The standard InChI is InChI=1S/C12H16N2O5S/c1-9(12(16)17)13-11(15)8-14(2)20(18,19)10-6-4-3-5-7-10/h3-7,9H,8H2,1-2H3,(H,13,15)(H,16,17). The Labute approximate surface area is 117 Å². The molecule has 0 spiro atoms. The highest BCUT2D eigenvalue weighted by Gasteiger charge is 2.23. The van der Waals surface area contributed by atoms with Crippen molar-refractivity contribution < 1.29 is 23.1 Å². The summed E-state index contributed by atoms with van der Waals surface area (Å²) in [6.45, 7) is 0.848. The summed E-state index contributed by atoms with van der Waals surface area (Å²) in [6, 6.07) is 6.60. The summed E-state index contributed by atoms with van der Waals surface area (Å²) in [4.78, 5) is 22.2. The average molecular weight is 300 g/mol. The molecular weight excluding hydrogens is 284 g/mol. The van der Waals surface area contributed by atoms with Crippen LogP contribution in [-0.4, -0.2) is 49.3 Å². The fraction of sp³-hybridized carbons (Fsp3) is 0.333. The number of hydrogen-bond donors (Lipinski definition) is 2. The van der Waals surface area contributed by atoms with Gasteiger partial charge >= 0.3 is 5.97 Å². The van der Waals surface area contributed by atoms with Crippen LogP contribution in [0.2, 0.25) is 0 Å². The third-order valence-corrected chi connectivity index (χ3v) is 4.38. The number of sulfonamides is 1. The van der Waals surface area contributed by atoms with Crippen molar-refractivity contribution in [3.8, 4) is 0 Å². The molecule has 20 heavy (non-hydrogen) atoms. The topological polar surface area (TPSA) is 104 Å². The molecule has 7 nitrogen and oxygen atoms in total. The van der Waals surface area contributed by atoms with Crippen molar-refractivity contribution in [3.05, 3.63) is 30.3 Å². The molecule has 0 aliphatic heterocycles. The molecule has 2 N–H and O–H groups in total. The molecule has 1 aromatic rings. The second kappa shape index (κ2) is 6.49. The van der Waals surface area contributed by atoms with E-state index in [4.69, 9.17) is 5.11 Å². The summed E-state index contributed by atoms with van der Waals surface area (Å²) in [5.41, 5.74) is 0. The molecule has 0 saturated heterocycles. The van der Waals surface area contributed by atoms with Crippen LogP contribution in [0.1, 0.15) is 6.92 Å². The number of carbonyl (C=O) groups is 2. The highest BCUT2D eigenvalue weighted by atomic mass is 32.2. The SMILES string of the molecule is CC(NC(=O)CN(C)S(=O)(=O)c1ccccc1)C(=O)O. The van der Waals surface area contributed by atoms with E-state index in [-0.39, 0.29) is 4.90 Å². The van der Waals surface area contributed by atoms with E-state index in [0.29, 0.717) is 0 Å². The number of benzene rings is 1. The number of amides is 1. The molecule has 0 fully saturated rings. The molecule has 0 bridgehead atoms. The van der Waals surface area contributed by atoms with Crippen LogP contribution in [-0.2, 0) is 19.6 Å². The molecule has 1 aromatic carbocycles. The van der Waals surface area contributed by atoms with Crippen molar-refractivity contribution in [2.75, 3.05) is 13.6 Å². The van der Waals surface area contributed by atoms with Gasteiger partial charge in [-0.1, -0.05) is 18.2 Å². The maximum atomic E-state index is 12.1. The Morgan fingerprint density at radius 3 is 2.35 bits per heavy atom. The number of carbonyl (C=O) groups excluding carboxylic acids is 1. The molecule has 0 heterocycles. The summed E-state index contributed by atoms with van der Waals surface area (Å²) >= 11 is 0. The van der Waals surface area contributed by atoms with E-state index in [0.717, 1.165) is 4.31 Å². The van der Waals surface area contributed by atoms with Gasteiger partial charge in [-0.05, 0) is 19.1 Å². The van der Waals surface area contributed by atoms with Crippen LogP contribution in [0.25, 0.3) is 0 Å². The minimum atomic E-state index is -3.77. The van der Waals surface area contributed by atoms with Gasteiger partial charge in [0.15, 0.2) is 0 Å². The smallest absolute Gasteiger partial charge is 0.325 e. The summed E-state index contributed by atoms with van der Waals surface area (Å²) in [7, 11) is -2.51. The number of nitrogens with one attached hydrogen (secondary N) is 1. The van der Waals surface area contributed by atoms with Crippen LogP contribution < -0.4 is 5.32 Å². The van der Waals surface area contributed by atoms with E-state index in [1.165, 1.54) is 26.1 Å². The van der Waals surface area contributed by atoms with Gasteiger partial charge < -0.3 is 10.4 Å². The first-order valence-corrected chi connectivity index (χ1v) is 7.22. The predicted octanol–water partition coefficient (Wildman–Crippen LogP) is -0.104. The third kappa shape index (κ3) is 4.04. The molecule has 1 rings (SSSR count). The highest BCUT2D eigenvalue weighted by Crippen LogP contribution is 2.12. The lowest BCUT2D eigenvalue weighted by Gasteiger charge is -2.17. The number of carboxylic acids is 1. The Hall–Kier alpha value is -1.93. The van der Waals surface area contributed by atoms with Crippen molar-refractivity contribution in [2.24, 2.45) is 0 Å². The maximum Gasteiger partial charge on any atom is 0.325 e. The van der Waals surface area contributed by atoms with E-state index in [1.54, 1.807) is 18.2 Å². The van der Waals surface area contributed by atoms with E-state index >= 15 is 0 Å². The van der Waals surface area contributed by atoms with Gasteiger partial charge in [0.05, 0.1) is 11.4 Å². The number of aliphatic carboxylic acids is 1. The minimum absolute atomic E-state index is 0.0709.